The van der Waals surface area contributed by atoms with Gasteiger partial charge in [0.2, 0.25) is 0 Å². The summed E-state index contributed by atoms with van der Waals surface area (Å²) in [4.78, 5) is 2.63. The minimum Gasteiger partial charge on any atom is -0.378 e. The predicted octanol–water partition coefficient (Wildman–Crippen LogP) is 3.91. The topological polar surface area (TPSA) is 30.3 Å². The second-order valence-corrected chi connectivity index (χ2v) is 7.09. The normalized spacial score (nSPS) is 24.3. The average Bonchev–Trinajstić information content (AvgIpc) is 3.17. The standard InChI is InChI=1S/C17H27N3O.C2H6/c1-13-10-17(20(18-13)15-4-2-3-5-15)14-6-8-19(9-7-14)16-11-21-12-16;1-2/h10,14-16H,2-9,11-12H2,1H3;1-2H3. The van der Waals surface area contributed by atoms with Gasteiger partial charge in [-0.25, -0.2) is 0 Å². The molecular formula is C19H33N3O. The van der Waals surface area contributed by atoms with Crippen molar-refractivity contribution in [3.63, 3.8) is 0 Å². The largest absolute Gasteiger partial charge is 0.378 e. The lowest BCUT2D eigenvalue weighted by Gasteiger charge is -2.41. The van der Waals surface area contributed by atoms with Gasteiger partial charge in [-0.05, 0) is 51.8 Å². The Hall–Kier alpha value is -0.870. The summed E-state index contributed by atoms with van der Waals surface area (Å²) in [5, 5.41) is 4.83. The fourth-order valence-corrected chi connectivity index (χ4v) is 4.28. The van der Waals surface area contributed by atoms with Crippen molar-refractivity contribution >= 4 is 0 Å². The summed E-state index contributed by atoms with van der Waals surface area (Å²) in [6.45, 7) is 10.5. The molecule has 0 unspecified atom stereocenters. The number of hydrogen-bond acceptors (Lipinski definition) is 3. The fraction of sp³-hybridized carbons (Fsp3) is 0.842. The molecule has 130 valence electrons. The van der Waals surface area contributed by atoms with E-state index in [2.05, 4.69) is 22.6 Å². The number of nitrogens with zero attached hydrogens (tertiary/aromatic N) is 3. The molecule has 0 N–H and O–H groups in total. The first kappa shape index (κ1) is 17.0. The summed E-state index contributed by atoms with van der Waals surface area (Å²) in [5.74, 6) is 0.712. The van der Waals surface area contributed by atoms with Gasteiger partial charge in [-0.15, -0.1) is 0 Å². The van der Waals surface area contributed by atoms with E-state index in [1.54, 1.807) is 0 Å². The summed E-state index contributed by atoms with van der Waals surface area (Å²) in [6, 6.07) is 3.73. The maximum atomic E-state index is 5.33. The highest BCUT2D eigenvalue weighted by atomic mass is 16.5. The van der Waals surface area contributed by atoms with Crippen molar-refractivity contribution in [3.8, 4) is 0 Å². The zero-order valence-electron chi connectivity index (χ0n) is 15.1. The fourth-order valence-electron chi connectivity index (χ4n) is 4.28. The predicted molar refractivity (Wildman–Crippen MR) is 94.0 cm³/mol. The lowest BCUT2D eigenvalue weighted by molar-refractivity contribution is -0.0714. The number of ether oxygens (including phenoxy) is 1. The number of aryl methyl sites for hydroxylation is 1. The van der Waals surface area contributed by atoms with E-state index in [1.807, 2.05) is 13.8 Å². The maximum Gasteiger partial charge on any atom is 0.0645 e. The zero-order valence-corrected chi connectivity index (χ0v) is 15.1. The highest BCUT2D eigenvalue weighted by Gasteiger charge is 2.32. The van der Waals surface area contributed by atoms with Crippen molar-refractivity contribution in [2.75, 3.05) is 26.3 Å². The molecule has 4 heteroatoms. The number of rotatable bonds is 3. The van der Waals surface area contributed by atoms with Crippen LogP contribution in [0.4, 0.5) is 0 Å². The maximum absolute atomic E-state index is 5.33. The smallest absolute Gasteiger partial charge is 0.0645 e. The van der Waals surface area contributed by atoms with Gasteiger partial charge in [0.25, 0.3) is 0 Å². The quantitative estimate of drug-likeness (QED) is 0.846. The molecule has 3 heterocycles. The molecular weight excluding hydrogens is 286 g/mol. The van der Waals surface area contributed by atoms with Crippen molar-refractivity contribution in [2.24, 2.45) is 0 Å². The number of likely N-dealkylation sites (tertiary alicyclic amines) is 1. The van der Waals surface area contributed by atoms with E-state index in [9.17, 15) is 0 Å². The molecule has 0 aromatic carbocycles. The van der Waals surface area contributed by atoms with E-state index in [-0.39, 0.29) is 0 Å². The number of piperidine rings is 1. The minimum atomic E-state index is 0.673. The van der Waals surface area contributed by atoms with Crippen LogP contribution < -0.4 is 0 Å². The third kappa shape index (κ3) is 3.63. The first-order valence-corrected chi connectivity index (χ1v) is 9.69. The van der Waals surface area contributed by atoms with Crippen LogP contribution in [0.2, 0.25) is 0 Å². The molecule has 3 aliphatic rings. The molecule has 0 bridgehead atoms. The van der Waals surface area contributed by atoms with Crippen LogP contribution in [0.25, 0.3) is 0 Å². The molecule has 4 rings (SSSR count). The first-order chi connectivity index (χ1) is 11.3. The van der Waals surface area contributed by atoms with E-state index in [0.717, 1.165) is 13.2 Å². The summed E-state index contributed by atoms with van der Waals surface area (Å²) >= 11 is 0. The van der Waals surface area contributed by atoms with Gasteiger partial charge in [-0.2, -0.15) is 5.10 Å². The van der Waals surface area contributed by atoms with E-state index in [4.69, 9.17) is 9.84 Å². The monoisotopic (exact) mass is 319 g/mol. The van der Waals surface area contributed by atoms with Crippen molar-refractivity contribution in [1.82, 2.24) is 14.7 Å². The van der Waals surface area contributed by atoms with Crippen molar-refractivity contribution < 1.29 is 4.74 Å². The van der Waals surface area contributed by atoms with E-state index in [1.165, 1.54) is 63.0 Å². The van der Waals surface area contributed by atoms with E-state index >= 15 is 0 Å². The molecule has 1 saturated carbocycles. The minimum absolute atomic E-state index is 0.673. The Morgan fingerprint density at radius 2 is 1.65 bits per heavy atom. The van der Waals surface area contributed by atoms with Crippen LogP contribution in [-0.4, -0.2) is 47.0 Å². The molecule has 2 aliphatic heterocycles. The Morgan fingerprint density at radius 3 is 2.22 bits per heavy atom. The Labute approximate surface area is 141 Å². The van der Waals surface area contributed by atoms with Gasteiger partial charge in [0, 0.05) is 11.6 Å². The van der Waals surface area contributed by atoms with Crippen LogP contribution in [0.15, 0.2) is 6.07 Å². The Balaban J connectivity index is 0.000000753. The lowest BCUT2D eigenvalue weighted by atomic mass is 9.91. The van der Waals surface area contributed by atoms with Gasteiger partial charge in [0.05, 0.1) is 31.0 Å². The molecule has 2 saturated heterocycles. The van der Waals surface area contributed by atoms with Crippen molar-refractivity contribution in [3.05, 3.63) is 17.5 Å². The van der Waals surface area contributed by atoms with Crippen LogP contribution >= 0.6 is 0 Å². The van der Waals surface area contributed by atoms with Gasteiger partial charge in [-0.3, -0.25) is 9.58 Å². The van der Waals surface area contributed by atoms with Gasteiger partial charge in [0.15, 0.2) is 0 Å². The highest BCUT2D eigenvalue weighted by Crippen LogP contribution is 2.36. The summed E-state index contributed by atoms with van der Waals surface area (Å²) in [5.41, 5.74) is 2.72. The number of hydrogen-bond donors (Lipinski definition) is 0. The Bertz CT molecular complexity index is 481. The van der Waals surface area contributed by atoms with Gasteiger partial charge in [0.1, 0.15) is 0 Å². The highest BCUT2D eigenvalue weighted by molar-refractivity contribution is 5.16. The molecule has 1 aromatic rings. The summed E-state index contributed by atoms with van der Waals surface area (Å²) in [6.07, 6.45) is 7.98. The van der Waals surface area contributed by atoms with E-state index in [0.29, 0.717) is 18.0 Å². The van der Waals surface area contributed by atoms with Crippen molar-refractivity contribution in [2.45, 2.75) is 77.3 Å². The third-order valence-corrected chi connectivity index (χ3v) is 5.64. The molecule has 23 heavy (non-hydrogen) atoms. The van der Waals surface area contributed by atoms with Crippen molar-refractivity contribution in [1.29, 1.82) is 0 Å². The SMILES string of the molecule is CC.Cc1cc(C2CCN(C3COC3)CC2)n(C2CCCC2)n1. The zero-order chi connectivity index (χ0) is 16.2. The Morgan fingerprint density at radius 1 is 1.00 bits per heavy atom. The number of aromatic nitrogens is 2. The summed E-state index contributed by atoms with van der Waals surface area (Å²) < 4.78 is 7.73. The van der Waals surface area contributed by atoms with Crippen LogP contribution in [0.1, 0.15) is 75.7 Å². The van der Waals surface area contributed by atoms with Gasteiger partial charge in [-0.1, -0.05) is 26.7 Å². The van der Waals surface area contributed by atoms with Crippen LogP contribution in [-0.2, 0) is 4.74 Å². The second-order valence-electron chi connectivity index (χ2n) is 7.09. The van der Waals surface area contributed by atoms with E-state index < -0.39 is 0 Å². The third-order valence-electron chi connectivity index (χ3n) is 5.64. The lowest BCUT2D eigenvalue weighted by Crippen LogP contribution is -2.51. The Kier molecular flexibility index (Phi) is 5.76. The van der Waals surface area contributed by atoms with Gasteiger partial charge >= 0.3 is 0 Å². The van der Waals surface area contributed by atoms with Gasteiger partial charge < -0.3 is 4.74 Å². The molecule has 1 aromatic heterocycles. The molecule has 0 spiro atoms. The molecule has 4 nitrogen and oxygen atoms in total. The molecule has 0 atom stereocenters. The van der Waals surface area contributed by atoms with Crippen LogP contribution in [0.5, 0.6) is 0 Å². The average molecular weight is 319 g/mol. The molecule has 1 aliphatic carbocycles. The molecule has 0 radical (unpaired) electrons. The second kappa shape index (κ2) is 7.80. The van der Waals surface area contributed by atoms with Crippen LogP contribution in [0, 0.1) is 6.92 Å². The van der Waals surface area contributed by atoms with Crippen LogP contribution in [0.3, 0.4) is 0 Å². The summed E-state index contributed by atoms with van der Waals surface area (Å²) in [7, 11) is 0. The first-order valence-electron chi connectivity index (χ1n) is 9.69. The molecule has 0 amide bonds. The molecule has 3 fully saturated rings.